The van der Waals surface area contributed by atoms with E-state index in [4.69, 9.17) is 0 Å². The fraction of sp³-hybridized carbons (Fsp3) is 0.667. The number of halogens is 2. The molecule has 1 aromatic carbocycles. The van der Waals surface area contributed by atoms with E-state index in [2.05, 4.69) is 50.0 Å². The third kappa shape index (κ3) is 5.42. The van der Waals surface area contributed by atoms with Crippen molar-refractivity contribution in [1.82, 2.24) is 10.2 Å². The number of hydrogen-bond acceptors (Lipinski definition) is 2. The van der Waals surface area contributed by atoms with Crippen LogP contribution in [0, 0.1) is 20.8 Å². The van der Waals surface area contributed by atoms with Crippen molar-refractivity contribution in [3.8, 4) is 0 Å². The molecule has 22 heavy (non-hydrogen) atoms. The second kappa shape index (κ2) is 10.5. The van der Waals surface area contributed by atoms with Crippen LogP contribution in [0.15, 0.2) is 12.1 Å². The Morgan fingerprint density at radius 2 is 1.59 bits per heavy atom. The van der Waals surface area contributed by atoms with E-state index < -0.39 is 0 Å². The van der Waals surface area contributed by atoms with Crippen LogP contribution in [0.4, 0.5) is 0 Å². The minimum Gasteiger partial charge on any atom is -0.314 e. The number of unbranched alkanes of at least 4 members (excludes halogenated alkanes) is 1. The highest BCUT2D eigenvalue weighted by atomic mass is 35.5. The van der Waals surface area contributed by atoms with Crippen LogP contribution in [0.25, 0.3) is 0 Å². The lowest BCUT2D eigenvalue weighted by atomic mass is 9.90. The highest BCUT2D eigenvalue weighted by Gasteiger charge is 2.24. The molecule has 1 saturated heterocycles. The maximum absolute atomic E-state index is 3.47. The number of rotatable bonds is 5. The summed E-state index contributed by atoms with van der Waals surface area (Å²) in [6, 6.07) is 5.31. The molecule has 1 aliphatic heterocycles. The summed E-state index contributed by atoms with van der Waals surface area (Å²) in [5.74, 6) is 0. The number of nitrogens with one attached hydrogen (secondary N) is 1. The topological polar surface area (TPSA) is 15.3 Å². The fourth-order valence-electron chi connectivity index (χ4n) is 3.62. The lowest BCUT2D eigenvalue weighted by Gasteiger charge is -2.37. The van der Waals surface area contributed by atoms with E-state index in [0.29, 0.717) is 6.04 Å². The molecule has 1 atom stereocenters. The number of nitrogens with zero attached hydrogens (tertiary/aromatic N) is 1. The van der Waals surface area contributed by atoms with Crippen LogP contribution in [-0.2, 0) is 0 Å². The summed E-state index contributed by atoms with van der Waals surface area (Å²) in [4.78, 5) is 2.69. The van der Waals surface area contributed by atoms with Crippen molar-refractivity contribution in [2.45, 2.75) is 53.0 Å². The van der Waals surface area contributed by atoms with Gasteiger partial charge in [-0.1, -0.05) is 37.5 Å². The van der Waals surface area contributed by atoms with Gasteiger partial charge in [0.25, 0.3) is 0 Å². The molecule has 1 aromatic rings. The summed E-state index contributed by atoms with van der Waals surface area (Å²) >= 11 is 0. The highest BCUT2D eigenvalue weighted by Crippen LogP contribution is 2.32. The Labute approximate surface area is 148 Å². The van der Waals surface area contributed by atoms with E-state index in [0.717, 1.165) is 13.1 Å². The van der Waals surface area contributed by atoms with E-state index in [9.17, 15) is 0 Å². The first kappa shape index (κ1) is 21.7. The molecular formula is C18H32Cl2N2. The number of piperazine rings is 1. The summed E-state index contributed by atoms with van der Waals surface area (Å²) < 4.78 is 0. The van der Waals surface area contributed by atoms with Crippen LogP contribution >= 0.6 is 24.8 Å². The first-order valence-electron chi connectivity index (χ1n) is 8.16. The van der Waals surface area contributed by atoms with Gasteiger partial charge >= 0.3 is 0 Å². The molecule has 0 aromatic heterocycles. The Kier molecular flexibility index (Phi) is 10.4. The summed E-state index contributed by atoms with van der Waals surface area (Å²) in [5, 5.41) is 3.47. The van der Waals surface area contributed by atoms with Crippen LogP contribution in [0.1, 0.15) is 54.5 Å². The van der Waals surface area contributed by atoms with Gasteiger partial charge in [0.2, 0.25) is 0 Å². The molecule has 0 radical (unpaired) electrons. The molecule has 2 nitrogen and oxygen atoms in total. The summed E-state index contributed by atoms with van der Waals surface area (Å²) in [5.41, 5.74) is 5.92. The van der Waals surface area contributed by atoms with Gasteiger partial charge in [0, 0.05) is 32.2 Å². The molecule has 0 saturated carbocycles. The largest absolute Gasteiger partial charge is 0.314 e. The van der Waals surface area contributed by atoms with Gasteiger partial charge in [-0.05, 0) is 43.9 Å². The minimum absolute atomic E-state index is 0. The molecular weight excluding hydrogens is 315 g/mol. The molecule has 0 aliphatic carbocycles. The molecule has 0 bridgehead atoms. The maximum Gasteiger partial charge on any atom is 0.0354 e. The lowest BCUT2D eigenvalue weighted by Crippen LogP contribution is -2.45. The van der Waals surface area contributed by atoms with Gasteiger partial charge in [-0.3, -0.25) is 4.90 Å². The molecule has 1 heterocycles. The third-order valence-electron chi connectivity index (χ3n) is 4.49. The zero-order chi connectivity index (χ0) is 14.5. The predicted molar refractivity (Wildman–Crippen MR) is 102 cm³/mol. The molecule has 2 rings (SSSR count). The number of hydrogen-bond donors (Lipinski definition) is 1. The second-order valence-electron chi connectivity index (χ2n) is 6.26. The Bertz CT molecular complexity index is 420. The fourth-order valence-corrected chi connectivity index (χ4v) is 3.62. The van der Waals surface area contributed by atoms with Gasteiger partial charge in [0.1, 0.15) is 0 Å². The van der Waals surface area contributed by atoms with Crippen molar-refractivity contribution in [3.05, 3.63) is 34.4 Å². The van der Waals surface area contributed by atoms with Crippen molar-refractivity contribution < 1.29 is 0 Å². The predicted octanol–water partition coefficient (Wildman–Crippen LogP) is 4.59. The van der Waals surface area contributed by atoms with Crippen molar-refractivity contribution >= 4 is 24.8 Å². The van der Waals surface area contributed by atoms with Crippen molar-refractivity contribution in [3.63, 3.8) is 0 Å². The molecule has 128 valence electrons. The van der Waals surface area contributed by atoms with Crippen LogP contribution in [0.5, 0.6) is 0 Å². The SMILES string of the molecule is CCCC[C@H](c1c(C)cc(C)cc1C)N1CCNCC1.Cl.Cl. The molecule has 1 N–H and O–H groups in total. The van der Waals surface area contributed by atoms with Crippen molar-refractivity contribution in [2.75, 3.05) is 26.2 Å². The Balaban J connectivity index is 0.00000220. The van der Waals surface area contributed by atoms with Gasteiger partial charge in [-0.15, -0.1) is 24.8 Å². The van der Waals surface area contributed by atoms with Gasteiger partial charge in [0.15, 0.2) is 0 Å². The maximum atomic E-state index is 3.47. The molecule has 1 aliphatic rings. The quantitative estimate of drug-likeness (QED) is 0.838. The van der Waals surface area contributed by atoms with Gasteiger partial charge in [-0.2, -0.15) is 0 Å². The standard InChI is InChI=1S/C18H30N2.2ClH/c1-5-6-7-17(20-10-8-19-9-11-20)18-15(3)12-14(2)13-16(18)4;;/h12-13,17,19H,5-11H2,1-4H3;2*1H/t17-;;/m1../s1. The Morgan fingerprint density at radius 3 is 2.09 bits per heavy atom. The molecule has 0 unspecified atom stereocenters. The van der Waals surface area contributed by atoms with E-state index in [1.807, 2.05) is 0 Å². The highest BCUT2D eigenvalue weighted by molar-refractivity contribution is 5.85. The van der Waals surface area contributed by atoms with Crippen molar-refractivity contribution in [1.29, 1.82) is 0 Å². The molecule has 0 amide bonds. The lowest BCUT2D eigenvalue weighted by molar-refractivity contribution is 0.162. The summed E-state index contributed by atoms with van der Waals surface area (Å²) in [6.07, 6.45) is 3.90. The van der Waals surface area contributed by atoms with E-state index in [1.165, 1.54) is 49.0 Å². The van der Waals surface area contributed by atoms with Crippen LogP contribution in [-0.4, -0.2) is 31.1 Å². The number of aryl methyl sites for hydroxylation is 3. The van der Waals surface area contributed by atoms with Crippen LogP contribution < -0.4 is 5.32 Å². The average molecular weight is 347 g/mol. The zero-order valence-corrected chi connectivity index (χ0v) is 16.1. The third-order valence-corrected chi connectivity index (χ3v) is 4.49. The number of benzene rings is 1. The van der Waals surface area contributed by atoms with E-state index in [1.54, 1.807) is 5.56 Å². The van der Waals surface area contributed by atoms with E-state index >= 15 is 0 Å². The normalized spacial score (nSPS) is 16.5. The van der Waals surface area contributed by atoms with Gasteiger partial charge in [0.05, 0.1) is 0 Å². The zero-order valence-electron chi connectivity index (χ0n) is 14.4. The Morgan fingerprint density at radius 1 is 1.05 bits per heavy atom. The molecule has 4 heteroatoms. The molecule has 0 spiro atoms. The molecule has 1 fully saturated rings. The first-order chi connectivity index (χ1) is 9.63. The summed E-state index contributed by atoms with van der Waals surface area (Å²) in [7, 11) is 0. The average Bonchev–Trinajstić information content (AvgIpc) is 2.42. The minimum atomic E-state index is 0. The Hall–Kier alpha value is -0.280. The van der Waals surface area contributed by atoms with Gasteiger partial charge in [-0.25, -0.2) is 0 Å². The van der Waals surface area contributed by atoms with Crippen molar-refractivity contribution in [2.24, 2.45) is 0 Å². The smallest absolute Gasteiger partial charge is 0.0354 e. The van der Waals surface area contributed by atoms with Gasteiger partial charge < -0.3 is 5.32 Å². The first-order valence-corrected chi connectivity index (χ1v) is 8.16. The van der Waals surface area contributed by atoms with Crippen LogP contribution in [0.2, 0.25) is 0 Å². The van der Waals surface area contributed by atoms with E-state index in [-0.39, 0.29) is 24.8 Å². The summed E-state index contributed by atoms with van der Waals surface area (Å²) in [6.45, 7) is 13.7. The van der Waals surface area contributed by atoms with Crippen LogP contribution in [0.3, 0.4) is 0 Å². The second-order valence-corrected chi connectivity index (χ2v) is 6.26. The monoisotopic (exact) mass is 346 g/mol.